The Balaban J connectivity index is 1.63. The number of rotatable bonds is 6. The lowest BCUT2D eigenvalue weighted by atomic mass is 10.1. The highest BCUT2D eigenvalue weighted by Gasteiger charge is 2.16. The molecular weight excluding hydrogens is 302 g/mol. The van der Waals surface area contributed by atoms with Crippen molar-refractivity contribution in [3.63, 3.8) is 0 Å². The van der Waals surface area contributed by atoms with E-state index in [1.54, 1.807) is 6.92 Å². The monoisotopic (exact) mass is 323 g/mol. The zero-order valence-electron chi connectivity index (χ0n) is 13.9. The summed E-state index contributed by atoms with van der Waals surface area (Å²) in [7, 11) is 0. The second kappa shape index (κ2) is 6.79. The van der Waals surface area contributed by atoms with Gasteiger partial charge in [-0.05, 0) is 50.5 Å². The van der Waals surface area contributed by atoms with Gasteiger partial charge in [0, 0.05) is 23.2 Å². The number of anilines is 1. The fourth-order valence-electron chi connectivity index (χ4n) is 2.93. The molecule has 4 nitrogen and oxygen atoms in total. The van der Waals surface area contributed by atoms with Crippen LogP contribution in [0.3, 0.4) is 0 Å². The third kappa shape index (κ3) is 3.43. The zero-order valence-corrected chi connectivity index (χ0v) is 13.9. The van der Waals surface area contributed by atoms with Crippen molar-refractivity contribution < 1.29 is 14.3 Å². The minimum atomic E-state index is -1.03. The smallest absolute Gasteiger partial charge is 0.372 e. The predicted molar refractivity (Wildman–Crippen MR) is 95.9 cm³/mol. The Hall–Kier alpha value is -2.75. The molecule has 4 heteroatoms. The Morgan fingerprint density at radius 3 is 2.75 bits per heavy atom. The third-order valence-electron chi connectivity index (χ3n) is 4.18. The second-order valence-electron chi connectivity index (χ2n) is 6.09. The predicted octanol–water partition coefficient (Wildman–Crippen LogP) is 4.79. The number of carbonyl (C=O) groups is 1. The highest BCUT2D eigenvalue weighted by Crippen LogP contribution is 2.28. The van der Waals surface area contributed by atoms with E-state index in [2.05, 4.69) is 36.5 Å². The van der Waals surface area contributed by atoms with Crippen molar-refractivity contribution in [2.75, 3.05) is 11.9 Å². The van der Waals surface area contributed by atoms with E-state index in [0.717, 1.165) is 30.5 Å². The summed E-state index contributed by atoms with van der Waals surface area (Å²) in [5.74, 6) is -1.02. The highest BCUT2D eigenvalue weighted by molar-refractivity contribution is 5.95. The van der Waals surface area contributed by atoms with E-state index in [1.807, 2.05) is 18.2 Å². The lowest BCUT2D eigenvalue weighted by Crippen LogP contribution is -2.03. The molecule has 2 N–H and O–H groups in total. The number of fused-ring (bicyclic) bond motifs is 1. The van der Waals surface area contributed by atoms with Crippen LogP contribution in [-0.4, -0.2) is 17.6 Å². The van der Waals surface area contributed by atoms with E-state index in [9.17, 15) is 4.79 Å². The summed E-state index contributed by atoms with van der Waals surface area (Å²) in [4.78, 5) is 11.1. The minimum absolute atomic E-state index is 0.0154. The van der Waals surface area contributed by atoms with Crippen molar-refractivity contribution in [3.05, 3.63) is 64.9 Å². The molecule has 1 heterocycles. The van der Waals surface area contributed by atoms with E-state index >= 15 is 0 Å². The molecule has 0 saturated carbocycles. The Labute approximate surface area is 141 Å². The normalized spacial score (nSPS) is 10.9. The molecule has 0 bridgehead atoms. The second-order valence-corrected chi connectivity index (χ2v) is 6.09. The van der Waals surface area contributed by atoms with Gasteiger partial charge in [0.15, 0.2) is 0 Å². The molecule has 3 aromatic rings. The molecule has 24 heavy (non-hydrogen) atoms. The Kier molecular flexibility index (Phi) is 4.56. The van der Waals surface area contributed by atoms with E-state index in [4.69, 9.17) is 9.52 Å². The summed E-state index contributed by atoms with van der Waals surface area (Å²) in [5.41, 5.74) is 4.89. The van der Waals surface area contributed by atoms with Crippen LogP contribution in [0, 0.1) is 13.8 Å². The number of furan rings is 1. The van der Waals surface area contributed by atoms with Gasteiger partial charge in [0.25, 0.3) is 0 Å². The number of aromatic carboxylic acids is 1. The van der Waals surface area contributed by atoms with Crippen molar-refractivity contribution in [3.8, 4) is 0 Å². The Morgan fingerprint density at radius 1 is 1.17 bits per heavy atom. The maximum absolute atomic E-state index is 11.1. The van der Waals surface area contributed by atoms with Crippen molar-refractivity contribution in [2.45, 2.75) is 26.7 Å². The van der Waals surface area contributed by atoms with E-state index in [0.29, 0.717) is 11.1 Å². The minimum Gasteiger partial charge on any atom is -0.475 e. The highest BCUT2D eigenvalue weighted by atomic mass is 16.4. The maximum Gasteiger partial charge on any atom is 0.372 e. The number of aryl methyl sites for hydroxylation is 3. The average molecular weight is 323 g/mol. The van der Waals surface area contributed by atoms with Crippen LogP contribution in [0.1, 0.15) is 33.7 Å². The first-order valence-electron chi connectivity index (χ1n) is 8.10. The lowest BCUT2D eigenvalue weighted by Gasteiger charge is -2.07. The van der Waals surface area contributed by atoms with Crippen molar-refractivity contribution >= 4 is 22.6 Å². The molecule has 2 aromatic carbocycles. The number of hydrogen-bond donors (Lipinski definition) is 2. The fourth-order valence-corrected chi connectivity index (χ4v) is 2.93. The average Bonchev–Trinajstić information content (AvgIpc) is 2.89. The van der Waals surface area contributed by atoms with Gasteiger partial charge in [0.2, 0.25) is 5.76 Å². The molecule has 0 amide bonds. The van der Waals surface area contributed by atoms with Crippen molar-refractivity contribution in [2.24, 2.45) is 0 Å². The van der Waals surface area contributed by atoms with Crippen LogP contribution in [0.4, 0.5) is 5.69 Å². The summed E-state index contributed by atoms with van der Waals surface area (Å²) in [5, 5.41) is 13.4. The summed E-state index contributed by atoms with van der Waals surface area (Å²) in [6.45, 7) is 4.74. The number of hydrogen-bond acceptors (Lipinski definition) is 3. The molecule has 1 aromatic heterocycles. The van der Waals surface area contributed by atoms with Gasteiger partial charge in [-0.1, -0.05) is 29.8 Å². The first-order chi connectivity index (χ1) is 11.5. The Bertz CT molecular complexity index is 880. The molecule has 0 saturated heterocycles. The summed E-state index contributed by atoms with van der Waals surface area (Å²) in [6.07, 6.45) is 2.07. The SMILES string of the molecule is Cc1cccc(CCCNc2ccc3oc(C(=O)O)c(C)c3c2)c1. The zero-order chi connectivity index (χ0) is 17.1. The summed E-state index contributed by atoms with van der Waals surface area (Å²) >= 11 is 0. The molecule has 0 aliphatic rings. The molecule has 0 unspecified atom stereocenters. The van der Waals surface area contributed by atoms with Gasteiger partial charge in [0.1, 0.15) is 5.58 Å². The van der Waals surface area contributed by atoms with Gasteiger partial charge in [-0.25, -0.2) is 4.79 Å². The molecule has 0 aliphatic heterocycles. The van der Waals surface area contributed by atoms with Crippen LogP contribution < -0.4 is 5.32 Å². The standard InChI is InChI=1S/C20H21NO3/c1-13-5-3-6-15(11-13)7-4-10-21-16-8-9-18-17(12-16)14(2)19(24-18)20(22)23/h3,5-6,8-9,11-12,21H,4,7,10H2,1-2H3,(H,22,23). The van der Waals surface area contributed by atoms with Crippen molar-refractivity contribution in [1.82, 2.24) is 0 Å². The lowest BCUT2D eigenvalue weighted by molar-refractivity contribution is 0.0664. The molecule has 0 aliphatic carbocycles. The first kappa shape index (κ1) is 16.1. The first-order valence-corrected chi connectivity index (χ1v) is 8.10. The van der Waals surface area contributed by atoms with Crippen LogP contribution in [0.2, 0.25) is 0 Å². The molecule has 3 rings (SSSR count). The topological polar surface area (TPSA) is 62.5 Å². The van der Waals surface area contributed by atoms with Crippen LogP contribution >= 0.6 is 0 Å². The van der Waals surface area contributed by atoms with E-state index in [1.165, 1.54) is 11.1 Å². The molecule has 0 spiro atoms. The number of nitrogens with one attached hydrogen (secondary N) is 1. The van der Waals surface area contributed by atoms with E-state index in [-0.39, 0.29) is 5.76 Å². The van der Waals surface area contributed by atoms with Gasteiger partial charge in [0.05, 0.1) is 0 Å². The molecule has 0 radical (unpaired) electrons. The Morgan fingerprint density at radius 2 is 2.00 bits per heavy atom. The maximum atomic E-state index is 11.1. The number of carboxylic acids is 1. The van der Waals surface area contributed by atoms with E-state index < -0.39 is 5.97 Å². The fraction of sp³-hybridized carbons (Fsp3) is 0.250. The van der Waals surface area contributed by atoms with Gasteiger partial charge >= 0.3 is 5.97 Å². The van der Waals surface area contributed by atoms with Crippen LogP contribution in [-0.2, 0) is 6.42 Å². The quantitative estimate of drug-likeness (QED) is 0.640. The summed E-state index contributed by atoms with van der Waals surface area (Å²) < 4.78 is 5.38. The van der Waals surface area contributed by atoms with Crippen LogP contribution in [0.25, 0.3) is 11.0 Å². The molecular formula is C20H21NO3. The van der Waals surface area contributed by atoms with Gasteiger partial charge < -0.3 is 14.8 Å². The van der Waals surface area contributed by atoms with Crippen molar-refractivity contribution in [1.29, 1.82) is 0 Å². The van der Waals surface area contributed by atoms with Crippen LogP contribution in [0.5, 0.6) is 0 Å². The molecule has 0 atom stereocenters. The van der Waals surface area contributed by atoms with Gasteiger partial charge in [-0.3, -0.25) is 0 Å². The largest absolute Gasteiger partial charge is 0.475 e. The van der Waals surface area contributed by atoms with Crippen LogP contribution in [0.15, 0.2) is 46.9 Å². The third-order valence-corrected chi connectivity index (χ3v) is 4.18. The number of carboxylic acid groups (broad SMARTS) is 1. The summed E-state index contributed by atoms with van der Waals surface area (Å²) in [6, 6.07) is 14.3. The number of benzene rings is 2. The molecule has 0 fully saturated rings. The van der Waals surface area contributed by atoms with Gasteiger partial charge in [-0.2, -0.15) is 0 Å². The van der Waals surface area contributed by atoms with Gasteiger partial charge in [-0.15, -0.1) is 0 Å². The molecule has 124 valence electrons.